The van der Waals surface area contributed by atoms with Gasteiger partial charge in [-0.15, -0.1) is 0 Å². The fourth-order valence-corrected chi connectivity index (χ4v) is 2.33. The number of amides is 3. The Morgan fingerprint density at radius 3 is 2.25 bits per heavy atom. The van der Waals surface area contributed by atoms with Gasteiger partial charge in [0.1, 0.15) is 0 Å². The second-order valence-electron chi connectivity index (χ2n) is 4.61. The summed E-state index contributed by atoms with van der Waals surface area (Å²) in [6, 6.07) is 8.73. The second kappa shape index (κ2) is 8.44. The molecule has 126 valence electrons. The van der Waals surface area contributed by atoms with E-state index in [0.717, 1.165) is 0 Å². The van der Waals surface area contributed by atoms with Crippen molar-refractivity contribution in [2.75, 3.05) is 17.2 Å². The van der Waals surface area contributed by atoms with Gasteiger partial charge in [-0.05, 0) is 36.4 Å². The molecule has 0 radical (unpaired) electrons. The van der Waals surface area contributed by atoms with E-state index in [4.69, 9.17) is 46.4 Å². The molecule has 3 N–H and O–H groups in total. The summed E-state index contributed by atoms with van der Waals surface area (Å²) in [6.07, 6.45) is 0. The Morgan fingerprint density at radius 1 is 0.833 bits per heavy atom. The van der Waals surface area contributed by atoms with E-state index in [1.807, 2.05) is 0 Å². The highest BCUT2D eigenvalue weighted by atomic mass is 35.5. The number of urea groups is 1. The first kappa shape index (κ1) is 18.7. The number of benzene rings is 2. The normalized spacial score (nSPS) is 10.2. The van der Waals surface area contributed by atoms with Crippen molar-refractivity contribution in [2.24, 2.45) is 0 Å². The average Bonchev–Trinajstić information content (AvgIpc) is 2.52. The minimum Gasteiger partial charge on any atom is -0.329 e. The summed E-state index contributed by atoms with van der Waals surface area (Å²) in [4.78, 5) is 23.6. The molecule has 2 aromatic rings. The second-order valence-corrected chi connectivity index (χ2v) is 6.27. The van der Waals surface area contributed by atoms with E-state index in [2.05, 4.69) is 16.0 Å². The monoisotopic (exact) mass is 405 g/mol. The molecule has 3 amide bonds. The molecule has 0 aliphatic carbocycles. The Hall–Kier alpha value is -1.66. The summed E-state index contributed by atoms with van der Waals surface area (Å²) < 4.78 is 0. The summed E-state index contributed by atoms with van der Waals surface area (Å²) in [7, 11) is 0. The van der Waals surface area contributed by atoms with Crippen molar-refractivity contribution in [3.63, 3.8) is 0 Å². The molecule has 0 aromatic heterocycles. The van der Waals surface area contributed by atoms with Crippen molar-refractivity contribution in [3.05, 3.63) is 56.5 Å². The van der Waals surface area contributed by atoms with E-state index in [1.165, 1.54) is 12.1 Å². The van der Waals surface area contributed by atoms with Gasteiger partial charge in [0.25, 0.3) is 0 Å². The zero-order valence-electron chi connectivity index (χ0n) is 12.0. The van der Waals surface area contributed by atoms with Gasteiger partial charge in [-0.2, -0.15) is 0 Å². The zero-order valence-corrected chi connectivity index (χ0v) is 15.0. The molecule has 2 rings (SSSR count). The minimum absolute atomic E-state index is 0.254. The Kier molecular flexibility index (Phi) is 6.57. The molecule has 24 heavy (non-hydrogen) atoms. The van der Waals surface area contributed by atoms with E-state index in [-0.39, 0.29) is 6.54 Å². The van der Waals surface area contributed by atoms with Crippen molar-refractivity contribution in [3.8, 4) is 0 Å². The minimum atomic E-state index is -0.569. The standard InChI is InChI=1S/C15H11Cl4N3O2/c16-8-1-3-11(18)13(5-8)22-14(23)7-20-15(24)21-9-2-4-10(17)12(19)6-9/h1-6H,7H2,(H,22,23)(H2,20,21,24). The SMILES string of the molecule is O=C(CNC(=O)Nc1ccc(Cl)c(Cl)c1)Nc1cc(Cl)ccc1Cl. The Labute approximate surface area is 158 Å². The fraction of sp³-hybridized carbons (Fsp3) is 0.0667. The highest BCUT2D eigenvalue weighted by Crippen LogP contribution is 2.26. The highest BCUT2D eigenvalue weighted by molar-refractivity contribution is 6.42. The molecular formula is C15H11Cl4N3O2. The summed E-state index contributed by atoms with van der Waals surface area (Å²) in [5.74, 6) is -0.455. The molecule has 0 saturated heterocycles. The molecule has 9 heteroatoms. The lowest BCUT2D eigenvalue weighted by atomic mass is 10.3. The van der Waals surface area contributed by atoms with Gasteiger partial charge < -0.3 is 16.0 Å². The molecule has 0 atom stereocenters. The quantitative estimate of drug-likeness (QED) is 0.663. The number of nitrogens with one attached hydrogen (secondary N) is 3. The number of carbonyl (C=O) groups is 2. The third kappa shape index (κ3) is 5.46. The molecular weight excluding hydrogens is 396 g/mol. The van der Waals surface area contributed by atoms with Crippen LogP contribution < -0.4 is 16.0 Å². The van der Waals surface area contributed by atoms with Crippen LogP contribution in [0.2, 0.25) is 20.1 Å². The highest BCUT2D eigenvalue weighted by Gasteiger charge is 2.09. The van der Waals surface area contributed by atoms with Crippen LogP contribution in [0, 0.1) is 0 Å². The summed E-state index contributed by atoms with van der Waals surface area (Å²) >= 11 is 23.4. The van der Waals surface area contributed by atoms with Gasteiger partial charge in [-0.25, -0.2) is 4.79 Å². The first-order valence-electron chi connectivity index (χ1n) is 6.60. The van der Waals surface area contributed by atoms with Gasteiger partial charge in [0, 0.05) is 10.7 Å². The molecule has 0 fully saturated rings. The number of carbonyl (C=O) groups excluding carboxylic acids is 2. The van der Waals surface area contributed by atoms with E-state index >= 15 is 0 Å². The molecule has 0 spiro atoms. The van der Waals surface area contributed by atoms with Gasteiger partial charge in [-0.3, -0.25) is 4.79 Å². The van der Waals surface area contributed by atoms with E-state index in [9.17, 15) is 9.59 Å². The van der Waals surface area contributed by atoms with Crippen molar-refractivity contribution in [2.45, 2.75) is 0 Å². The van der Waals surface area contributed by atoms with Crippen molar-refractivity contribution >= 4 is 69.7 Å². The van der Waals surface area contributed by atoms with Crippen molar-refractivity contribution in [1.29, 1.82) is 0 Å². The predicted molar refractivity (Wildman–Crippen MR) is 98.6 cm³/mol. The van der Waals surface area contributed by atoms with Gasteiger partial charge in [0.05, 0.1) is 27.3 Å². The molecule has 0 bridgehead atoms. The Balaban J connectivity index is 1.85. The lowest BCUT2D eigenvalue weighted by molar-refractivity contribution is -0.115. The summed E-state index contributed by atoms with van der Waals surface area (Å²) in [6.45, 7) is -0.254. The largest absolute Gasteiger partial charge is 0.329 e. The first-order chi connectivity index (χ1) is 11.3. The Bertz CT molecular complexity index is 783. The zero-order chi connectivity index (χ0) is 17.7. The predicted octanol–water partition coefficient (Wildman–Crippen LogP) is 5.06. The van der Waals surface area contributed by atoms with Crippen LogP contribution in [0.3, 0.4) is 0 Å². The molecule has 2 aromatic carbocycles. The lowest BCUT2D eigenvalue weighted by Crippen LogP contribution is -2.35. The molecule has 0 aliphatic rings. The Morgan fingerprint density at radius 2 is 1.54 bits per heavy atom. The third-order valence-electron chi connectivity index (χ3n) is 2.79. The van der Waals surface area contributed by atoms with Gasteiger partial charge >= 0.3 is 6.03 Å². The smallest absolute Gasteiger partial charge is 0.319 e. The van der Waals surface area contributed by atoms with Crippen LogP contribution >= 0.6 is 46.4 Å². The topological polar surface area (TPSA) is 70.2 Å². The molecule has 0 aliphatic heterocycles. The molecule has 0 saturated carbocycles. The first-order valence-corrected chi connectivity index (χ1v) is 8.11. The van der Waals surface area contributed by atoms with Crippen LogP contribution in [-0.4, -0.2) is 18.5 Å². The molecule has 0 unspecified atom stereocenters. The van der Waals surface area contributed by atoms with Crippen LogP contribution in [0.5, 0.6) is 0 Å². The maximum atomic E-state index is 11.8. The summed E-state index contributed by atoms with van der Waals surface area (Å²) in [5, 5.41) is 8.94. The van der Waals surface area contributed by atoms with Gasteiger partial charge in [0.2, 0.25) is 5.91 Å². The fourth-order valence-electron chi connectivity index (χ4n) is 1.70. The summed E-state index contributed by atoms with van der Waals surface area (Å²) in [5.41, 5.74) is 0.807. The number of hydrogen-bond acceptors (Lipinski definition) is 2. The lowest BCUT2D eigenvalue weighted by Gasteiger charge is -2.10. The van der Waals surface area contributed by atoms with Crippen molar-refractivity contribution < 1.29 is 9.59 Å². The van der Waals surface area contributed by atoms with Gasteiger partial charge in [0.15, 0.2) is 0 Å². The van der Waals surface area contributed by atoms with Crippen LogP contribution in [0.15, 0.2) is 36.4 Å². The van der Waals surface area contributed by atoms with E-state index in [0.29, 0.717) is 31.5 Å². The van der Waals surface area contributed by atoms with E-state index in [1.54, 1.807) is 24.3 Å². The maximum absolute atomic E-state index is 11.8. The maximum Gasteiger partial charge on any atom is 0.319 e. The van der Waals surface area contributed by atoms with E-state index < -0.39 is 11.9 Å². The van der Waals surface area contributed by atoms with Gasteiger partial charge in [-0.1, -0.05) is 46.4 Å². The average molecular weight is 407 g/mol. The number of rotatable bonds is 4. The van der Waals surface area contributed by atoms with Crippen LogP contribution in [0.1, 0.15) is 0 Å². The third-order valence-corrected chi connectivity index (χ3v) is 4.09. The number of halogens is 4. The molecule has 0 heterocycles. The number of hydrogen-bond donors (Lipinski definition) is 3. The van der Waals surface area contributed by atoms with Crippen molar-refractivity contribution in [1.82, 2.24) is 5.32 Å². The van der Waals surface area contributed by atoms with Crippen LogP contribution in [-0.2, 0) is 4.79 Å². The van der Waals surface area contributed by atoms with Crippen LogP contribution in [0.25, 0.3) is 0 Å². The number of anilines is 2. The van der Waals surface area contributed by atoms with Crippen LogP contribution in [0.4, 0.5) is 16.2 Å². The molecule has 5 nitrogen and oxygen atoms in total.